The van der Waals surface area contributed by atoms with Crippen LogP contribution in [0.5, 0.6) is 0 Å². The molecule has 7 heteroatoms. The predicted octanol–water partition coefficient (Wildman–Crippen LogP) is 4.26. The van der Waals surface area contributed by atoms with Crippen molar-refractivity contribution in [2.45, 2.75) is 45.1 Å². The number of hydrogen-bond acceptors (Lipinski definition) is 4. The first-order valence-electron chi connectivity index (χ1n) is 12.0. The molecule has 2 amide bonds. The number of carbonyl (C=O) groups excluding carboxylic acids is 2. The molecule has 2 aromatic carbocycles. The second-order valence-corrected chi connectivity index (χ2v) is 9.48. The molecule has 1 aliphatic heterocycles. The number of ether oxygens (including phenoxy) is 1. The van der Waals surface area contributed by atoms with Crippen molar-refractivity contribution in [3.8, 4) is 11.1 Å². The van der Waals surface area contributed by atoms with E-state index in [1.54, 1.807) is 4.90 Å². The summed E-state index contributed by atoms with van der Waals surface area (Å²) in [5.74, 6) is -1.47. The third-order valence-electron chi connectivity index (χ3n) is 7.00. The number of alkyl carbamates (subject to hydrolysis) is 1. The van der Waals surface area contributed by atoms with Crippen molar-refractivity contribution in [3.05, 3.63) is 59.7 Å². The molecule has 0 spiro atoms. The van der Waals surface area contributed by atoms with Gasteiger partial charge in [0.25, 0.3) is 0 Å². The summed E-state index contributed by atoms with van der Waals surface area (Å²) in [5, 5.41) is 11.9. The molecule has 1 aliphatic carbocycles. The van der Waals surface area contributed by atoms with Gasteiger partial charge in [0.1, 0.15) is 6.61 Å². The number of carboxylic acid groups (broad SMARTS) is 1. The highest BCUT2D eigenvalue weighted by Crippen LogP contribution is 2.44. The average Bonchev–Trinajstić information content (AvgIpc) is 3.39. The molecule has 1 heterocycles. The average molecular weight is 465 g/mol. The van der Waals surface area contributed by atoms with Crippen LogP contribution in [0.1, 0.15) is 50.2 Å². The lowest BCUT2D eigenvalue weighted by atomic mass is 9.93. The van der Waals surface area contributed by atoms with Crippen LogP contribution in [-0.2, 0) is 14.3 Å². The number of carboxylic acids is 1. The number of likely N-dealkylation sites (tertiary alicyclic amines) is 1. The highest BCUT2D eigenvalue weighted by Gasteiger charge is 2.36. The van der Waals surface area contributed by atoms with E-state index in [-0.39, 0.29) is 43.4 Å². The summed E-state index contributed by atoms with van der Waals surface area (Å²) in [4.78, 5) is 38.6. The molecule has 0 saturated carbocycles. The van der Waals surface area contributed by atoms with E-state index < -0.39 is 18.0 Å². The Kier molecular flexibility index (Phi) is 7.20. The van der Waals surface area contributed by atoms with Crippen LogP contribution in [0.4, 0.5) is 4.79 Å². The zero-order valence-electron chi connectivity index (χ0n) is 19.7. The molecule has 0 bridgehead atoms. The molecule has 7 nitrogen and oxygen atoms in total. The Morgan fingerprint density at radius 2 is 1.68 bits per heavy atom. The monoisotopic (exact) mass is 464 g/mol. The standard InChI is InChI=1S/C27H32N2O5/c1-17(2)23(26(32)29-13-7-8-18(29)14-25(30)31)15-28-27(33)34-16-24-21-11-5-3-9-19(21)20-10-4-6-12-22(20)24/h3-6,9-12,17-18,23-24H,7-8,13-16H2,1-2H3,(H,28,33)(H,30,31). The molecule has 2 unspecified atom stereocenters. The number of hydrogen-bond donors (Lipinski definition) is 2. The Morgan fingerprint density at radius 3 is 2.26 bits per heavy atom. The van der Waals surface area contributed by atoms with Gasteiger partial charge < -0.3 is 20.1 Å². The fourth-order valence-electron chi connectivity index (χ4n) is 5.20. The third-order valence-corrected chi connectivity index (χ3v) is 7.00. The highest BCUT2D eigenvalue weighted by atomic mass is 16.5. The Balaban J connectivity index is 1.36. The molecule has 0 aromatic heterocycles. The summed E-state index contributed by atoms with van der Waals surface area (Å²) >= 11 is 0. The van der Waals surface area contributed by atoms with Gasteiger partial charge in [-0.3, -0.25) is 9.59 Å². The first-order chi connectivity index (χ1) is 16.4. The van der Waals surface area contributed by atoms with Gasteiger partial charge in [0, 0.05) is 25.0 Å². The van der Waals surface area contributed by atoms with Gasteiger partial charge in [-0.15, -0.1) is 0 Å². The van der Waals surface area contributed by atoms with E-state index in [0.717, 1.165) is 17.5 Å². The number of fused-ring (bicyclic) bond motifs is 3. The van der Waals surface area contributed by atoms with Gasteiger partial charge in [0.15, 0.2) is 0 Å². The number of carbonyl (C=O) groups is 3. The maximum absolute atomic E-state index is 13.2. The molecule has 2 aliphatic rings. The van der Waals surface area contributed by atoms with Crippen LogP contribution in [0.3, 0.4) is 0 Å². The quantitative estimate of drug-likeness (QED) is 0.609. The number of rotatable bonds is 8. The van der Waals surface area contributed by atoms with Crippen molar-refractivity contribution in [2.24, 2.45) is 11.8 Å². The summed E-state index contributed by atoms with van der Waals surface area (Å²) in [6, 6.07) is 16.0. The molecule has 1 fully saturated rings. The maximum atomic E-state index is 13.2. The number of nitrogens with one attached hydrogen (secondary N) is 1. The molecule has 4 rings (SSSR count). The van der Waals surface area contributed by atoms with Crippen LogP contribution in [0.15, 0.2) is 48.5 Å². The van der Waals surface area contributed by atoms with Gasteiger partial charge in [-0.1, -0.05) is 62.4 Å². The summed E-state index contributed by atoms with van der Waals surface area (Å²) in [7, 11) is 0. The molecule has 2 aromatic rings. The van der Waals surface area contributed by atoms with E-state index in [9.17, 15) is 14.4 Å². The predicted molar refractivity (Wildman–Crippen MR) is 128 cm³/mol. The summed E-state index contributed by atoms with van der Waals surface area (Å²) < 4.78 is 5.60. The second kappa shape index (κ2) is 10.3. The van der Waals surface area contributed by atoms with Gasteiger partial charge in [0.2, 0.25) is 5.91 Å². The Morgan fingerprint density at radius 1 is 1.06 bits per heavy atom. The third kappa shape index (κ3) is 4.93. The van der Waals surface area contributed by atoms with Gasteiger partial charge in [0.05, 0.1) is 12.3 Å². The topological polar surface area (TPSA) is 95.9 Å². The van der Waals surface area contributed by atoms with E-state index in [0.29, 0.717) is 13.0 Å². The van der Waals surface area contributed by atoms with Crippen LogP contribution < -0.4 is 5.32 Å². The molecular weight excluding hydrogens is 432 g/mol. The number of amides is 2. The Hall–Kier alpha value is -3.35. The molecule has 2 atom stereocenters. The van der Waals surface area contributed by atoms with Crippen LogP contribution in [0.25, 0.3) is 11.1 Å². The number of benzene rings is 2. The summed E-state index contributed by atoms with van der Waals surface area (Å²) in [5.41, 5.74) is 4.62. The van der Waals surface area contributed by atoms with E-state index in [4.69, 9.17) is 9.84 Å². The van der Waals surface area contributed by atoms with Gasteiger partial charge in [-0.25, -0.2) is 4.79 Å². The number of aliphatic carboxylic acids is 1. The minimum atomic E-state index is -0.900. The fourth-order valence-corrected chi connectivity index (χ4v) is 5.20. The minimum absolute atomic E-state index is 0.00698. The van der Waals surface area contributed by atoms with Crippen molar-refractivity contribution >= 4 is 18.0 Å². The van der Waals surface area contributed by atoms with E-state index in [1.165, 1.54) is 11.1 Å². The zero-order chi connectivity index (χ0) is 24.2. The molecule has 180 valence electrons. The number of nitrogens with zero attached hydrogens (tertiary/aromatic N) is 1. The second-order valence-electron chi connectivity index (χ2n) is 9.48. The van der Waals surface area contributed by atoms with Crippen molar-refractivity contribution in [1.29, 1.82) is 0 Å². The van der Waals surface area contributed by atoms with E-state index in [2.05, 4.69) is 29.6 Å². The fraction of sp³-hybridized carbons (Fsp3) is 0.444. The summed E-state index contributed by atoms with van der Waals surface area (Å²) in [6.45, 7) is 4.80. The SMILES string of the molecule is CC(C)C(CNC(=O)OCC1c2ccccc2-c2ccccc21)C(=O)N1CCCC1CC(=O)O. The summed E-state index contributed by atoms with van der Waals surface area (Å²) in [6.07, 6.45) is 0.900. The van der Waals surface area contributed by atoms with Gasteiger partial charge in [-0.05, 0) is 41.0 Å². The Bertz CT molecular complexity index is 1020. The highest BCUT2D eigenvalue weighted by molar-refractivity contribution is 5.82. The lowest BCUT2D eigenvalue weighted by Gasteiger charge is -2.30. The van der Waals surface area contributed by atoms with Gasteiger partial charge in [-0.2, -0.15) is 0 Å². The van der Waals surface area contributed by atoms with Crippen molar-refractivity contribution in [1.82, 2.24) is 10.2 Å². The molecular formula is C27H32N2O5. The smallest absolute Gasteiger partial charge is 0.407 e. The molecule has 0 radical (unpaired) electrons. The van der Waals surface area contributed by atoms with Crippen LogP contribution in [-0.4, -0.2) is 53.7 Å². The largest absolute Gasteiger partial charge is 0.481 e. The van der Waals surface area contributed by atoms with Gasteiger partial charge >= 0.3 is 12.1 Å². The Labute approximate surface area is 200 Å². The van der Waals surface area contributed by atoms with Crippen LogP contribution >= 0.6 is 0 Å². The molecule has 1 saturated heterocycles. The molecule has 34 heavy (non-hydrogen) atoms. The lowest BCUT2D eigenvalue weighted by Crippen LogP contribution is -2.46. The normalized spacial score (nSPS) is 17.9. The minimum Gasteiger partial charge on any atom is -0.481 e. The van der Waals surface area contributed by atoms with Crippen molar-refractivity contribution in [2.75, 3.05) is 19.7 Å². The first kappa shape index (κ1) is 23.8. The van der Waals surface area contributed by atoms with E-state index >= 15 is 0 Å². The van der Waals surface area contributed by atoms with Crippen LogP contribution in [0, 0.1) is 11.8 Å². The lowest BCUT2D eigenvalue weighted by molar-refractivity contribution is -0.141. The molecule has 2 N–H and O–H groups in total. The van der Waals surface area contributed by atoms with Crippen molar-refractivity contribution in [3.63, 3.8) is 0 Å². The van der Waals surface area contributed by atoms with Crippen molar-refractivity contribution < 1.29 is 24.2 Å². The van der Waals surface area contributed by atoms with Crippen LogP contribution in [0.2, 0.25) is 0 Å². The first-order valence-corrected chi connectivity index (χ1v) is 12.0. The van der Waals surface area contributed by atoms with E-state index in [1.807, 2.05) is 38.1 Å². The zero-order valence-corrected chi connectivity index (χ0v) is 19.7. The maximum Gasteiger partial charge on any atom is 0.407 e.